The molecule has 3 aromatic heterocycles. The molecule has 3 heterocycles. The largest absolute Gasteiger partial charge is 0.496 e. The fourth-order valence-corrected chi connectivity index (χ4v) is 6.11. The van der Waals surface area contributed by atoms with E-state index < -0.39 is 5.60 Å². The fourth-order valence-electron chi connectivity index (χ4n) is 4.62. The van der Waals surface area contributed by atoms with Gasteiger partial charge >= 0.3 is 0 Å². The molecule has 0 saturated heterocycles. The molecule has 1 saturated carbocycles. The van der Waals surface area contributed by atoms with Gasteiger partial charge in [0.25, 0.3) is 0 Å². The minimum atomic E-state index is -0.391. The van der Waals surface area contributed by atoms with Crippen LogP contribution in [0, 0.1) is 0 Å². The normalized spacial score (nSPS) is 14.6. The van der Waals surface area contributed by atoms with Crippen molar-refractivity contribution >= 4 is 45.6 Å². The molecule has 4 aromatic rings. The Kier molecular flexibility index (Phi) is 7.69. The number of halogens is 1. The molecule has 200 valence electrons. The summed E-state index contributed by atoms with van der Waals surface area (Å²) in [5.41, 5.74) is 3.50. The summed E-state index contributed by atoms with van der Waals surface area (Å²) >= 11 is 8.28. The molecule has 38 heavy (non-hydrogen) atoms. The monoisotopic (exact) mass is 555 g/mol. The second-order valence-corrected chi connectivity index (χ2v) is 11.0. The molecule has 0 spiro atoms. The summed E-state index contributed by atoms with van der Waals surface area (Å²) in [7, 11) is 6.93. The average Bonchev–Trinajstić information content (AvgIpc) is 3.51. The highest BCUT2D eigenvalue weighted by atomic mass is 35.5. The van der Waals surface area contributed by atoms with Gasteiger partial charge in [0.1, 0.15) is 28.8 Å². The summed E-state index contributed by atoms with van der Waals surface area (Å²) in [5.74, 6) is 0.522. The Hall–Kier alpha value is -3.02. The number of aromatic nitrogens is 3. The lowest BCUT2D eigenvalue weighted by Crippen LogP contribution is -2.37. The summed E-state index contributed by atoms with van der Waals surface area (Å²) in [4.78, 5) is 27.6. The number of carbonyl (C=O) groups is 1. The third kappa shape index (κ3) is 5.14. The number of nitrogens with zero attached hydrogens (tertiary/aromatic N) is 3. The zero-order chi connectivity index (χ0) is 26.9. The number of anilines is 1. The van der Waals surface area contributed by atoms with Gasteiger partial charge in [-0.25, -0.2) is 9.97 Å². The Bertz CT molecular complexity index is 1460. The maximum absolute atomic E-state index is 12.2. The van der Waals surface area contributed by atoms with E-state index in [-0.39, 0.29) is 12.7 Å². The smallest absolute Gasteiger partial charge is 0.238 e. The zero-order valence-electron chi connectivity index (χ0n) is 21.8. The van der Waals surface area contributed by atoms with E-state index in [9.17, 15) is 4.79 Å². The van der Waals surface area contributed by atoms with Crippen molar-refractivity contribution in [2.75, 3.05) is 47.0 Å². The number of H-pyrrole nitrogens is 1. The van der Waals surface area contributed by atoms with E-state index in [1.54, 1.807) is 31.8 Å². The molecule has 1 aliphatic carbocycles. The van der Waals surface area contributed by atoms with Crippen LogP contribution in [0.15, 0.2) is 36.7 Å². The Balaban J connectivity index is 1.49. The topological polar surface area (TPSA) is 102 Å². The number of hydrogen-bond acceptors (Lipinski definition) is 8. The zero-order valence-corrected chi connectivity index (χ0v) is 23.3. The number of thiazole rings is 1. The number of benzene rings is 1. The first-order valence-corrected chi connectivity index (χ1v) is 13.4. The number of hydrogen-bond donors (Lipinski definition) is 2. The molecular formula is C27H30ClN5O4S. The summed E-state index contributed by atoms with van der Waals surface area (Å²) in [5, 5.41) is 5.26. The van der Waals surface area contributed by atoms with Crippen molar-refractivity contribution < 1.29 is 19.0 Å². The molecule has 5 rings (SSSR count). The first-order chi connectivity index (χ1) is 18.3. The van der Waals surface area contributed by atoms with Gasteiger partial charge in [-0.2, -0.15) is 0 Å². The van der Waals surface area contributed by atoms with E-state index in [2.05, 4.69) is 15.3 Å². The second-order valence-electron chi connectivity index (χ2n) is 9.56. The SMILES string of the molecule is COCOC1(c2ncc(-c3c(Cl)cnc4[nH]c(-c5ccc(NC(=O)CN(C)C)cc5OC)cc34)s2)CCC1. The Morgan fingerprint density at radius 3 is 2.71 bits per heavy atom. The van der Waals surface area contributed by atoms with Gasteiger partial charge in [-0.05, 0) is 51.6 Å². The second kappa shape index (κ2) is 11.0. The van der Waals surface area contributed by atoms with Gasteiger partial charge in [0.15, 0.2) is 0 Å². The molecule has 1 fully saturated rings. The first kappa shape index (κ1) is 26.6. The summed E-state index contributed by atoms with van der Waals surface area (Å²) in [6, 6.07) is 7.59. The molecule has 1 amide bonds. The number of carbonyl (C=O) groups excluding carboxylic acids is 1. The highest BCUT2D eigenvalue weighted by Gasteiger charge is 2.43. The molecule has 1 aromatic carbocycles. The van der Waals surface area contributed by atoms with Crippen LogP contribution in [-0.2, 0) is 19.9 Å². The number of likely N-dealkylation sites (N-methyl/N-ethyl adjacent to an activating group) is 1. The van der Waals surface area contributed by atoms with Crippen LogP contribution in [0.5, 0.6) is 5.75 Å². The Labute approximate surface area is 230 Å². The van der Waals surface area contributed by atoms with Crippen molar-refractivity contribution in [1.82, 2.24) is 19.9 Å². The van der Waals surface area contributed by atoms with Crippen molar-refractivity contribution in [2.24, 2.45) is 0 Å². The van der Waals surface area contributed by atoms with Crippen molar-refractivity contribution in [3.05, 3.63) is 46.7 Å². The van der Waals surface area contributed by atoms with Gasteiger partial charge in [0.05, 0.1) is 29.2 Å². The lowest BCUT2D eigenvalue weighted by molar-refractivity contribution is -0.171. The number of amides is 1. The van der Waals surface area contributed by atoms with E-state index in [0.717, 1.165) is 51.4 Å². The first-order valence-electron chi connectivity index (χ1n) is 12.2. The van der Waals surface area contributed by atoms with Gasteiger partial charge in [-0.15, -0.1) is 11.3 Å². The average molecular weight is 556 g/mol. The number of methoxy groups -OCH3 is 2. The minimum absolute atomic E-state index is 0.0980. The predicted molar refractivity (Wildman–Crippen MR) is 150 cm³/mol. The molecule has 2 N–H and O–H groups in total. The van der Waals surface area contributed by atoms with Gasteiger partial charge < -0.3 is 29.4 Å². The van der Waals surface area contributed by atoms with Crippen LogP contribution >= 0.6 is 22.9 Å². The van der Waals surface area contributed by atoms with Crippen LogP contribution in [0.3, 0.4) is 0 Å². The van der Waals surface area contributed by atoms with Gasteiger partial charge in [-0.3, -0.25) is 4.79 Å². The van der Waals surface area contributed by atoms with Crippen LogP contribution in [0.2, 0.25) is 5.02 Å². The summed E-state index contributed by atoms with van der Waals surface area (Å²) < 4.78 is 16.9. The number of fused-ring (bicyclic) bond motifs is 1. The van der Waals surface area contributed by atoms with Crippen LogP contribution in [0.25, 0.3) is 32.7 Å². The van der Waals surface area contributed by atoms with E-state index in [4.69, 9.17) is 30.8 Å². The number of pyridine rings is 1. The Morgan fingerprint density at radius 1 is 1.21 bits per heavy atom. The number of aromatic amines is 1. The molecule has 11 heteroatoms. The molecule has 0 unspecified atom stereocenters. The lowest BCUT2D eigenvalue weighted by atomic mass is 9.80. The molecule has 0 radical (unpaired) electrons. The number of nitrogens with one attached hydrogen (secondary N) is 2. The third-order valence-corrected chi connectivity index (χ3v) is 8.09. The van der Waals surface area contributed by atoms with Gasteiger partial charge in [0.2, 0.25) is 5.91 Å². The summed E-state index contributed by atoms with van der Waals surface area (Å²) in [6.07, 6.45) is 6.44. The maximum atomic E-state index is 12.2. The quantitative estimate of drug-likeness (QED) is 0.249. The molecule has 0 bridgehead atoms. The molecule has 9 nitrogen and oxygen atoms in total. The van der Waals surface area contributed by atoms with E-state index >= 15 is 0 Å². The predicted octanol–water partition coefficient (Wildman–Crippen LogP) is 5.52. The van der Waals surface area contributed by atoms with E-state index in [1.165, 1.54) is 0 Å². The highest BCUT2D eigenvalue weighted by molar-refractivity contribution is 7.15. The number of ether oxygens (including phenoxy) is 3. The van der Waals surface area contributed by atoms with Crippen LogP contribution in [-0.4, -0.2) is 67.4 Å². The van der Waals surface area contributed by atoms with Crippen molar-refractivity contribution in [2.45, 2.75) is 24.9 Å². The lowest BCUT2D eigenvalue weighted by Gasteiger charge is -2.39. The minimum Gasteiger partial charge on any atom is -0.496 e. The molecule has 0 aliphatic heterocycles. The van der Waals surface area contributed by atoms with Crippen LogP contribution in [0.1, 0.15) is 24.3 Å². The molecular weight excluding hydrogens is 526 g/mol. The van der Waals surface area contributed by atoms with Crippen LogP contribution < -0.4 is 10.1 Å². The van der Waals surface area contributed by atoms with Crippen LogP contribution in [0.4, 0.5) is 5.69 Å². The standard InChI is InChI=1S/C27H30ClN5O4S/c1-33(2)14-23(34)31-16-6-7-17(21(10-16)36-4)20-11-18-24(19(28)12-29-25(18)32-20)22-13-30-26(38-22)27(8-5-9-27)37-15-35-3/h6-7,10-13H,5,8-9,14-15H2,1-4H3,(H,29,32)(H,31,34). The number of rotatable bonds is 10. The highest BCUT2D eigenvalue weighted by Crippen LogP contribution is 2.49. The maximum Gasteiger partial charge on any atom is 0.238 e. The van der Waals surface area contributed by atoms with Crippen molar-refractivity contribution in [3.8, 4) is 27.4 Å². The summed E-state index contributed by atoms with van der Waals surface area (Å²) in [6.45, 7) is 0.524. The Morgan fingerprint density at radius 2 is 2.03 bits per heavy atom. The van der Waals surface area contributed by atoms with E-state index in [1.807, 2.05) is 49.5 Å². The van der Waals surface area contributed by atoms with Gasteiger partial charge in [0, 0.05) is 47.8 Å². The fraction of sp³-hybridized carbons (Fsp3) is 0.370. The van der Waals surface area contributed by atoms with Gasteiger partial charge in [-0.1, -0.05) is 11.6 Å². The van der Waals surface area contributed by atoms with Crippen molar-refractivity contribution in [3.63, 3.8) is 0 Å². The molecule has 0 atom stereocenters. The third-order valence-electron chi connectivity index (χ3n) is 6.60. The van der Waals surface area contributed by atoms with E-state index in [0.29, 0.717) is 28.7 Å². The van der Waals surface area contributed by atoms with Crippen molar-refractivity contribution in [1.29, 1.82) is 0 Å². The molecule has 1 aliphatic rings.